The van der Waals surface area contributed by atoms with Crippen LogP contribution in [0.2, 0.25) is 5.02 Å². The number of H-pyrrole nitrogens is 1. The van der Waals surface area contributed by atoms with Crippen molar-refractivity contribution in [2.45, 2.75) is 38.1 Å². The molecule has 0 unspecified atom stereocenters. The summed E-state index contributed by atoms with van der Waals surface area (Å²) < 4.78 is 0. The third kappa shape index (κ3) is 3.02. The molecule has 156 valence electrons. The van der Waals surface area contributed by atoms with Gasteiger partial charge in [0.25, 0.3) is 0 Å². The molecule has 0 aromatic carbocycles. The summed E-state index contributed by atoms with van der Waals surface area (Å²) in [7, 11) is 0. The molecule has 3 aromatic heterocycles. The normalized spacial score (nSPS) is 20.9. The molecule has 1 aliphatic carbocycles. The van der Waals surface area contributed by atoms with Crippen molar-refractivity contribution in [2.24, 2.45) is 11.1 Å². The van der Waals surface area contributed by atoms with Crippen LogP contribution in [0.3, 0.4) is 0 Å². The number of nitrogens with two attached hydrogens (primary N) is 2. The molecule has 5 rings (SSSR count). The Morgan fingerprint density at radius 3 is 2.80 bits per heavy atom. The van der Waals surface area contributed by atoms with Crippen LogP contribution >= 0.6 is 11.6 Å². The lowest BCUT2D eigenvalue weighted by Gasteiger charge is -2.42. The van der Waals surface area contributed by atoms with Crippen LogP contribution < -0.4 is 16.4 Å². The summed E-state index contributed by atoms with van der Waals surface area (Å²) in [6, 6.07) is 2.11. The molecule has 2 aliphatic rings. The first kappa shape index (κ1) is 19.3. The van der Waals surface area contributed by atoms with Crippen molar-refractivity contribution >= 4 is 40.0 Å². The van der Waals surface area contributed by atoms with Gasteiger partial charge in [-0.1, -0.05) is 24.6 Å². The van der Waals surface area contributed by atoms with E-state index in [1.54, 1.807) is 12.3 Å². The van der Waals surface area contributed by atoms with E-state index in [0.29, 0.717) is 44.5 Å². The Morgan fingerprint density at radius 1 is 1.27 bits per heavy atom. The summed E-state index contributed by atoms with van der Waals surface area (Å²) >= 11 is 6.31. The Kier molecular flexibility index (Phi) is 4.63. The van der Waals surface area contributed by atoms with Crippen LogP contribution in [-0.2, 0) is 0 Å². The number of piperidine rings is 1. The van der Waals surface area contributed by atoms with Crippen LogP contribution in [0, 0.1) is 5.41 Å². The second-order valence-corrected chi connectivity index (χ2v) is 8.76. The minimum absolute atomic E-state index is 0.261. The number of aromatic nitrogens is 5. The van der Waals surface area contributed by atoms with E-state index in [2.05, 4.69) is 31.6 Å². The fourth-order valence-corrected chi connectivity index (χ4v) is 5.17. The highest BCUT2D eigenvalue weighted by atomic mass is 35.5. The van der Waals surface area contributed by atoms with E-state index in [1.165, 1.54) is 12.8 Å². The number of nitrogens with one attached hydrogen (secondary N) is 1. The molecule has 1 atom stereocenters. The van der Waals surface area contributed by atoms with Gasteiger partial charge in [-0.2, -0.15) is 5.10 Å². The fraction of sp³-hybridized carbons (Fsp3) is 0.429. The van der Waals surface area contributed by atoms with E-state index in [-0.39, 0.29) is 5.82 Å². The van der Waals surface area contributed by atoms with Crippen LogP contribution in [0.25, 0.3) is 16.7 Å². The second-order valence-electron chi connectivity index (χ2n) is 8.38. The number of hydrogen-bond acceptors (Lipinski definition) is 7. The van der Waals surface area contributed by atoms with Crippen molar-refractivity contribution in [3.05, 3.63) is 41.3 Å². The van der Waals surface area contributed by atoms with Gasteiger partial charge in [-0.15, -0.1) is 0 Å². The molecule has 4 heterocycles. The maximum absolute atomic E-state index is 6.41. The number of anilines is 2. The first-order chi connectivity index (χ1) is 14.5. The molecule has 1 saturated heterocycles. The lowest BCUT2D eigenvalue weighted by Crippen LogP contribution is -2.47. The highest BCUT2D eigenvalue weighted by Gasteiger charge is 2.43. The quantitative estimate of drug-likeness (QED) is 0.590. The summed E-state index contributed by atoms with van der Waals surface area (Å²) in [6.07, 6.45) is 9.28. The SMILES string of the molecule is C=C(c1ccnc(N)c1Cl)c1[nH]nc2nc(N3CCC4(CCC[C@H]4N)CC3)cnc12. The number of fused-ring (bicyclic) bond motifs is 1. The molecule has 5 N–H and O–H groups in total. The largest absolute Gasteiger partial charge is 0.382 e. The van der Waals surface area contributed by atoms with E-state index < -0.39 is 0 Å². The Bertz CT molecular complexity index is 1120. The summed E-state index contributed by atoms with van der Waals surface area (Å²) in [4.78, 5) is 15.7. The van der Waals surface area contributed by atoms with Gasteiger partial charge in [0.05, 0.1) is 16.9 Å². The number of nitrogens with zero attached hydrogens (tertiary/aromatic N) is 5. The average molecular weight is 425 g/mol. The van der Waals surface area contributed by atoms with Gasteiger partial charge in [-0.25, -0.2) is 15.0 Å². The van der Waals surface area contributed by atoms with E-state index in [1.807, 2.05) is 6.20 Å². The second kappa shape index (κ2) is 7.21. The number of rotatable bonds is 3. The average Bonchev–Trinajstić information content (AvgIpc) is 3.33. The first-order valence-corrected chi connectivity index (χ1v) is 10.7. The van der Waals surface area contributed by atoms with Crippen molar-refractivity contribution in [3.8, 4) is 0 Å². The van der Waals surface area contributed by atoms with Gasteiger partial charge in [0.1, 0.15) is 17.2 Å². The number of hydrogen-bond donors (Lipinski definition) is 3. The molecule has 30 heavy (non-hydrogen) atoms. The van der Waals surface area contributed by atoms with Gasteiger partial charge in [0.2, 0.25) is 5.65 Å². The topological polar surface area (TPSA) is 123 Å². The van der Waals surface area contributed by atoms with Crippen LogP contribution in [0.5, 0.6) is 0 Å². The Balaban J connectivity index is 1.39. The molecule has 3 aromatic rings. The molecule has 2 fully saturated rings. The van der Waals surface area contributed by atoms with Gasteiger partial charge in [0.15, 0.2) is 0 Å². The molecule has 8 nitrogen and oxygen atoms in total. The summed E-state index contributed by atoms with van der Waals surface area (Å²) in [5.41, 5.74) is 15.8. The smallest absolute Gasteiger partial charge is 0.202 e. The fourth-order valence-electron chi connectivity index (χ4n) is 4.94. The van der Waals surface area contributed by atoms with Gasteiger partial charge in [0, 0.05) is 36.5 Å². The molecule has 0 radical (unpaired) electrons. The van der Waals surface area contributed by atoms with Crippen LogP contribution in [0.4, 0.5) is 11.6 Å². The first-order valence-electron chi connectivity index (χ1n) is 10.3. The summed E-state index contributed by atoms with van der Waals surface area (Å²) in [5, 5.41) is 7.73. The zero-order chi connectivity index (χ0) is 20.9. The van der Waals surface area contributed by atoms with E-state index in [9.17, 15) is 0 Å². The number of aromatic amines is 1. The van der Waals surface area contributed by atoms with Crippen molar-refractivity contribution in [1.29, 1.82) is 0 Å². The van der Waals surface area contributed by atoms with Gasteiger partial charge >= 0.3 is 0 Å². The van der Waals surface area contributed by atoms with Gasteiger partial charge in [-0.3, -0.25) is 5.10 Å². The predicted molar refractivity (Wildman–Crippen MR) is 119 cm³/mol. The zero-order valence-electron chi connectivity index (χ0n) is 16.7. The molecule has 0 bridgehead atoms. The number of nitrogen functional groups attached to an aromatic ring is 1. The van der Waals surface area contributed by atoms with Crippen molar-refractivity contribution in [2.75, 3.05) is 23.7 Å². The zero-order valence-corrected chi connectivity index (χ0v) is 17.5. The lowest BCUT2D eigenvalue weighted by molar-refractivity contribution is 0.197. The highest BCUT2D eigenvalue weighted by Crippen LogP contribution is 2.45. The van der Waals surface area contributed by atoms with E-state index in [0.717, 1.165) is 38.2 Å². The third-order valence-electron chi connectivity index (χ3n) is 6.85. The predicted octanol–water partition coefficient (Wildman–Crippen LogP) is 3.14. The Morgan fingerprint density at radius 2 is 2.07 bits per heavy atom. The van der Waals surface area contributed by atoms with Crippen LogP contribution in [0.15, 0.2) is 25.0 Å². The molecule has 9 heteroatoms. The molecular weight excluding hydrogens is 400 g/mol. The Hall–Kier alpha value is -2.71. The van der Waals surface area contributed by atoms with Crippen LogP contribution in [-0.4, -0.2) is 44.3 Å². The standard InChI is InChI=1S/C21H25ClN8/c1-12(13-4-8-25-19(24)16(13)22)17-18-20(29-28-17)27-15(11-26-18)30-9-6-21(7-10-30)5-2-3-14(21)23/h4,8,11,14H,1-3,5-7,9-10,23H2,(H2,24,25)(H,27,28,29)/t14-/m1/s1. The maximum Gasteiger partial charge on any atom is 0.202 e. The lowest BCUT2D eigenvalue weighted by atomic mass is 9.74. The third-order valence-corrected chi connectivity index (χ3v) is 7.25. The monoisotopic (exact) mass is 424 g/mol. The van der Waals surface area contributed by atoms with Gasteiger partial charge < -0.3 is 16.4 Å². The van der Waals surface area contributed by atoms with Crippen LogP contribution in [0.1, 0.15) is 43.4 Å². The number of halogens is 1. The van der Waals surface area contributed by atoms with E-state index in [4.69, 9.17) is 28.1 Å². The number of pyridine rings is 1. The molecular formula is C21H25ClN8. The molecule has 1 saturated carbocycles. The molecule has 0 amide bonds. The molecule has 1 aliphatic heterocycles. The minimum Gasteiger partial charge on any atom is -0.382 e. The van der Waals surface area contributed by atoms with Crippen molar-refractivity contribution < 1.29 is 0 Å². The van der Waals surface area contributed by atoms with Crippen molar-refractivity contribution in [3.63, 3.8) is 0 Å². The summed E-state index contributed by atoms with van der Waals surface area (Å²) in [6.45, 7) is 6.05. The molecule has 1 spiro atoms. The summed E-state index contributed by atoms with van der Waals surface area (Å²) in [5.74, 6) is 1.11. The maximum atomic E-state index is 6.41. The van der Waals surface area contributed by atoms with Gasteiger partial charge in [-0.05, 0) is 37.2 Å². The highest BCUT2D eigenvalue weighted by molar-refractivity contribution is 6.34. The Labute approximate surface area is 179 Å². The van der Waals surface area contributed by atoms with Crippen molar-refractivity contribution in [1.82, 2.24) is 25.1 Å². The van der Waals surface area contributed by atoms with E-state index >= 15 is 0 Å². The minimum atomic E-state index is 0.261.